The molecule has 9 aromatic rings. The molecular weight excluding hydrogens is 1020 g/mol. The fourth-order valence-corrected chi connectivity index (χ4v) is 8.46. The zero-order valence-corrected chi connectivity index (χ0v) is 41.9. The Kier molecular flexibility index (Phi) is 8.28. The maximum Gasteiger partial charge on any atom is 2.00 e. The molecule has 0 spiro atoms. The van der Waals surface area contributed by atoms with E-state index in [1.807, 2.05) is 56.3 Å². The van der Waals surface area contributed by atoms with Gasteiger partial charge in [0.25, 0.3) is 0 Å². The van der Waals surface area contributed by atoms with E-state index in [0.717, 1.165) is 27.8 Å². The first-order valence-corrected chi connectivity index (χ1v) is 22.2. The Morgan fingerprint density at radius 2 is 1.30 bits per heavy atom. The van der Waals surface area contributed by atoms with Crippen LogP contribution in [0.4, 0.5) is 0 Å². The fraction of sp³-hybridized carbons (Fsp3) is 0.234. The van der Waals surface area contributed by atoms with Gasteiger partial charge in [0.05, 0.1) is 37.6 Å². The van der Waals surface area contributed by atoms with Gasteiger partial charge in [-0.1, -0.05) is 182 Å². The van der Waals surface area contributed by atoms with Gasteiger partial charge in [-0.15, -0.1) is 23.8 Å². The van der Waals surface area contributed by atoms with Crippen molar-refractivity contribution in [2.45, 2.75) is 99.0 Å². The van der Waals surface area contributed by atoms with Gasteiger partial charge in [0.2, 0.25) is 0 Å². The van der Waals surface area contributed by atoms with E-state index in [1.54, 1.807) is 53.1 Å². The largest absolute Gasteiger partial charge is 2.00 e. The van der Waals surface area contributed by atoms with E-state index in [1.165, 1.54) is 0 Å². The van der Waals surface area contributed by atoms with E-state index < -0.39 is 91.9 Å². The van der Waals surface area contributed by atoms with E-state index in [4.69, 9.17) is 31.7 Å². The number of benzene rings is 7. The number of imidazole rings is 1. The van der Waals surface area contributed by atoms with Crippen LogP contribution in [0, 0.1) is 33.9 Å². The van der Waals surface area contributed by atoms with Gasteiger partial charge in [-0.2, -0.15) is 7.11 Å². The predicted octanol–water partition coefficient (Wildman–Crippen LogP) is 17.2. The minimum absolute atomic E-state index is 0. The van der Waals surface area contributed by atoms with E-state index in [-0.39, 0.29) is 48.7 Å². The summed E-state index contributed by atoms with van der Waals surface area (Å²) in [5.41, 5.74) is 1.30. The van der Waals surface area contributed by atoms with Crippen LogP contribution in [-0.4, -0.2) is 14.5 Å². The summed E-state index contributed by atoms with van der Waals surface area (Å²) in [6.07, 6.45) is -0.797. The minimum Gasteiger partial charge on any atom is -0.665 e. The summed E-state index contributed by atoms with van der Waals surface area (Å²) >= 11 is 0. The Bertz CT molecular complexity index is 4130. The van der Waals surface area contributed by atoms with Crippen molar-refractivity contribution in [3.8, 4) is 78.6 Å². The number of aryl methyl sites for hydroxylation is 3. The van der Waals surface area contributed by atoms with Crippen LogP contribution in [0.3, 0.4) is 0 Å². The molecule has 5 heteroatoms. The molecule has 9 rings (SSSR count). The van der Waals surface area contributed by atoms with Crippen molar-refractivity contribution in [2.24, 2.45) is 0 Å². The van der Waals surface area contributed by atoms with Crippen LogP contribution in [0.2, 0.25) is 0 Å². The van der Waals surface area contributed by atoms with Crippen molar-refractivity contribution in [3.05, 3.63) is 198 Å². The summed E-state index contributed by atoms with van der Waals surface area (Å²) in [5, 5.41) is 0. The zero-order chi connectivity index (χ0) is 64.4. The zero-order valence-electron chi connectivity index (χ0n) is 58.7. The van der Waals surface area contributed by atoms with Gasteiger partial charge < -0.3 is 4.74 Å². The number of hydrogen-bond acceptors (Lipinski definition) is 3. The first-order valence-electron chi connectivity index (χ1n) is 31.7. The Hall–Kier alpha value is -6.35. The molecule has 0 saturated carbocycles. The molecule has 69 heavy (non-hydrogen) atoms. The topological polar surface area (TPSA) is 39.9 Å². The monoisotopic (exact) mass is 1100 g/mol. The molecule has 0 atom stereocenters. The maximum absolute atomic E-state index is 9.74. The number of hydrogen-bond donors (Lipinski definition) is 0. The molecule has 0 amide bonds. The third-order valence-corrected chi connectivity index (χ3v) is 12.1. The number of ether oxygens (including phenoxy) is 1. The second-order valence-electron chi connectivity index (χ2n) is 19.3. The molecule has 0 unspecified atom stereocenters. The summed E-state index contributed by atoms with van der Waals surface area (Å²) in [6, 6.07) is 30.3. The number of para-hydroxylation sites is 1. The summed E-state index contributed by atoms with van der Waals surface area (Å²) in [7, 11) is 3.80. The summed E-state index contributed by atoms with van der Waals surface area (Å²) in [6.45, 7) is 2.05. The van der Waals surface area contributed by atoms with Crippen molar-refractivity contribution >= 4 is 11.0 Å². The number of nitrogens with zero attached hydrogens (tertiary/aromatic N) is 3. The first kappa shape index (κ1) is 30.3. The molecule has 4 nitrogen and oxygen atoms in total. The number of fused-ring (bicyclic) bond motifs is 1. The molecule has 350 valence electrons. The summed E-state index contributed by atoms with van der Waals surface area (Å²) < 4.78 is 174. The third kappa shape index (κ3) is 9.93. The van der Waals surface area contributed by atoms with Crippen LogP contribution in [0.5, 0.6) is 5.75 Å². The second-order valence-corrected chi connectivity index (χ2v) is 19.3. The smallest absolute Gasteiger partial charge is 0.665 e. The van der Waals surface area contributed by atoms with Gasteiger partial charge in [0.1, 0.15) is 5.82 Å². The molecule has 0 aliphatic carbocycles. The predicted molar refractivity (Wildman–Crippen MR) is 287 cm³/mol. The van der Waals surface area contributed by atoms with E-state index >= 15 is 0 Å². The summed E-state index contributed by atoms with van der Waals surface area (Å²) in [5.74, 6) is 0.686. The fourth-order valence-electron chi connectivity index (χ4n) is 8.46. The van der Waals surface area contributed by atoms with E-state index in [9.17, 15) is 4.11 Å². The summed E-state index contributed by atoms with van der Waals surface area (Å²) in [4.78, 5) is 9.75. The van der Waals surface area contributed by atoms with E-state index in [2.05, 4.69) is 77.9 Å². The van der Waals surface area contributed by atoms with Gasteiger partial charge in [0, 0.05) is 28.3 Å². The van der Waals surface area contributed by atoms with Gasteiger partial charge >= 0.3 is 21.1 Å². The average molecular weight is 1100 g/mol. The Morgan fingerprint density at radius 1 is 0.609 bits per heavy atom. The van der Waals surface area contributed by atoms with Crippen molar-refractivity contribution in [1.82, 2.24) is 14.5 Å². The molecule has 2 aromatic heterocycles. The Morgan fingerprint density at radius 3 is 1.97 bits per heavy atom. The second kappa shape index (κ2) is 18.9. The molecule has 0 saturated heterocycles. The molecule has 7 aromatic carbocycles. The van der Waals surface area contributed by atoms with Gasteiger partial charge in [-0.25, -0.2) is 4.98 Å². The molecule has 0 bridgehead atoms. The third-order valence-electron chi connectivity index (χ3n) is 12.1. The van der Waals surface area contributed by atoms with Crippen LogP contribution in [0.1, 0.15) is 122 Å². The molecule has 2 heterocycles. The van der Waals surface area contributed by atoms with E-state index in [0.29, 0.717) is 61.7 Å². The van der Waals surface area contributed by atoms with Crippen LogP contribution < -0.4 is 4.74 Å². The number of rotatable bonds is 8. The number of pyridine rings is 1. The SMILES string of the molecule is [2H]c1nc(-c2[c-]c(-c3cccc4c3nc(-c3cc(C)cc(C)c3O[CH2-])n4-c3ccc(-c4cc(C(C)(C)C)cc(C(C)(C)C)c4)cc3C([2H])([2H])[2H])cc(-c3ccccc3)c2)c([2H])c(-c2c([2H])c([2H])c(C(C([2H])([2H])[2H])(C([2H])([2H])[2H])C([2H])([2H])[2H])c([2H])c2[2H])c1[2H].[Pt+2]. The van der Waals surface area contributed by atoms with Crippen molar-refractivity contribution in [1.29, 1.82) is 0 Å². The normalized spacial score (nSPS) is 16.7. The number of aromatic nitrogens is 3. The standard InChI is InChI=1S/C64H63N3O.Pt/c1-40-30-42(3)60(68-13)55(31-40)61-66-59-54(20-17-21-58(59)67(61)57-27-24-45(32-41(57)2)48-36-52(63(7,8)9)39-53(37-48)64(10,11)12)49-33-47(43-18-15-14-16-19-43)34-50(35-49)56-38-46(28-29-65-56)44-22-25-51(26-23-44)62(4,5)6;/h14-34,36-39H,13H2,1-12H3;/q-2;+2/i2D3,4D3,5D3,6D3,22D,23D,25D,26D,28D,29D,38D;. The molecule has 0 radical (unpaired) electrons. The van der Waals surface area contributed by atoms with Crippen LogP contribution >= 0.6 is 0 Å². The Balaban J connectivity index is 0.0000100. The molecular formula is C64H63N3OPt. The van der Waals surface area contributed by atoms with Gasteiger partial charge in [-0.05, 0) is 128 Å². The minimum atomic E-state index is -3.96. The molecule has 0 aliphatic rings. The average Bonchev–Trinajstić information content (AvgIpc) is 0.798. The Labute approximate surface area is 451 Å². The van der Waals surface area contributed by atoms with Crippen molar-refractivity contribution < 1.29 is 51.8 Å². The molecule has 0 fully saturated rings. The van der Waals surface area contributed by atoms with Crippen molar-refractivity contribution in [3.63, 3.8) is 0 Å². The van der Waals surface area contributed by atoms with Crippen LogP contribution in [0.15, 0.2) is 152 Å². The quantitative estimate of drug-likeness (QED) is 0.142. The van der Waals surface area contributed by atoms with Gasteiger partial charge in [-0.3, -0.25) is 9.55 Å². The molecule has 0 aliphatic heterocycles. The van der Waals surface area contributed by atoms with Crippen LogP contribution in [-0.2, 0) is 37.3 Å². The molecule has 0 N–H and O–H groups in total. The van der Waals surface area contributed by atoms with Crippen LogP contribution in [0.25, 0.3) is 83.9 Å². The van der Waals surface area contributed by atoms with Gasteiger partial charge in [0.15, 0.2) is 0 Å². The maximum atomic E-state index is 9.74. The first-order chi connectivity index (χ1) is 40.1. The van der Waals surface area contributed by atoms with Crippen molar-refractivity contribution in [2.75, 3.05) is 0 Å².